The van der Waals surface area contributed by atoms with Crippen molar-refractivity contribution in [3.63, 3.8) is 0 Å². The van der Waals surface area contributed by atoms with Gasteiger partial charge in [-0.05, 0) is 42.2 Å². The lowest BCUT2D eigenvalue weighted by Crippen LogP contribution is -2.14. The number of hydrogen-bond acceptors (Lipinski definition) is 2. The summed E-state index contributed by atoms with van der Waals surface area (Å²) in [6.45, 7) is 0.764. The summed E-state index contributed by atoms with van der Waals surface area (Å²) in [5, 5.41) is 0. The van der Waals surface area contributed by atoms with Crippen LogP contribution in [0, 0.1) is 5.82 Å². The van der Waals surface area contributed by atoms with Gasteiger partial charge in [0.2, 0.25) is 0 Å². The maximum absolute atomic E-state index is 13.9. The van der Waals surface area contributed by atoms with Crippen molar-refractivity contribution in [2.45, 2.75) is 25.3 Å². The van der Waals surface area contributed by atoms with E-state index in [4.69, 9.17) is 10.5 Å². The molecule has 0 bridgehead atoms. The Balaban J connectivity index is 1.70. The molecule has 0 saturated heterocycles. The topological polar surface area (TPSA) is 35.2 Å². The van der Waals surface area contributed by atoms with E-state index in [0.717, 1.165) is 29.7 Å². The van der Waals surface area contributed by atoms with Gasteiger partial charge in [0, 0.05) is 22.5 Å². The van der Waals surface area contributed by atoms with Crippen molar-refractivity contribution in [2.75, 3.05) is 6.61 Å². The maximum Gasteiger partial charge on any atom is 0.129 e. The van der Waals surface area contributed by atoms with Gasteiger partial charge in [0.1, 0.15) is 11.6 Å². The Kier molecular flexibility index (Phi) is 4.27. The van der Waals surface area contributed by atoms with Crippen LogP contribution >= 0.6 is 15.9 Å². The summed E-state index contributed by atoms with van der Waals surface area (Å²) in [5.74, 6) is 0.735. The molecule has 2 nitrogen and oxygen atoms in total. The van der Waals surface area contributed by atoms with Crippen molar-refractivity contribution in [1.82, 2.24) is 0 Å². The van der Waals surface area contributed by atoms with Crippen molar-refractivity contribution >= 4 is 15.9 Å². The van der Waals surface area contributed by atoms with Gasteiger partial charge in [0.25, 0.3) is 0 Å². The first-order valence-electron chi connectivity index (χ1n) is 7.09. The number of benzene rings is 2. The number of ether oxygens (including phenoxy) is 1. The van der Waals surface area contributed by atoms with E-state index in [2.05, 4.69) is 28.1 Å². The second-order valence-electron chi connectivity index (χ2n) is 5.32. The van der Waals surface area contributed by atoms with E-state index < -0.39 is 0 Å². The third-order valence-corrected chi connectivity index (χ3v) is 4.56. The summed E-state index contributed by atoms with van der Waals surface area (Å²) in [6, 6.07) is 10.9. The monoisotopic (exact) mass is 349 g/mol. The summed E-state index contributed by atoms with van der Waals surface area (Å²) in [7, 11) is 0. The molecule has 3 rings (SSSR count). The zero-order chi connectivity index (χ0) is 14.8. The van der Waals surface area contributed by atoms with E-state index in [1.165, 1.54) is 17.2 Å². The minimum absolute atomic E-state index is 0.251. The van der Waals surface area contributed by atoms with Crippen LogP contribution < -0.4 is 10.5 Å². The van der Waals surface area contributed by atoms with Crippen molar-refractivity contribution in [2.24, 2.45) is 5.73 Å². The standard InChI is InChI=1S/C17H17BrFNO/c18-13-2-1-3-14(19)17(13)15(20)6-4-11-5-7-16-12(10-11)8-9-21-16/h1-3,5,7,10,15H,4,6,8-9,20H2. The van der Waals surface area contributed by atoms with Gasteiger partial charge in [-0.3, -0.25) is 0 Å². The smallest absolute Gasteiger partial charge is 0.129 e. The third kappa shape index (κ3) is 3.11. The molecule has 0 amide bonds. The van der Waals surface area contributed by atoms with Crippen LogP contribution in [0.15, 0.2) is 40.9 Å². The Labute approximate surface area is 132 Å². The normalized spacial score (nSPS) is 14.6. The van der Waals surface area contributed by atoms with Crippen LogP contribution in [0.25, 0.3) is 0 Å². The lowest BCUT2D eigenvalue weighted by atomic mass is 9.98. The van der Waals surface area contributed by atoms with Gasteiger partial charge in [0.05, 0.1) is 6.61 Å². The zero-order valence-electron chi connectivity index (χ0n) is 11.6. The molecular weight excluding hydrogens is 333 g/mol. The number of halogens is 2. The van der Waals surface area contributed by atoms with Crippen molar-refractivity contribution < 1.29 is 9.13 Å². The SMILES string of the molecule is NC(CCc1ccc2c(c1)CCO2)c1c(F)cccc1Br. The van der Waals surface area contributed by atoms with Gasteiger partial charge in [-0.2, -0.15) is 0 Å². The third-order valence-electron chi connectivity index (χ3n) is 3.87. The van der Waals surface area contributed by atoms with E-state index in [-0.39, 0.29) is 11.9 Å². The summed E-state index contributed by atoms with van der Waals surface area (Å²) >= 11 is 3.38. The van der Waals surface area contributed by atoms with Crippen LogP contribution in [0.5, 0.6) is 5.75 Å². The molecule has 4 heteroatoms. The van der Waals surface area contributed by atoms with Crippen molar-refractivity contribution in [3.8, 4) is 5.75 Å². The first-order valence-corrected chi connectivity index (χ1v) is 7.88. The average Bonchev–Trinajstić information content (AvgIpc) is 2.92. The van der Waals surface area contributed by atoms with Crippen molar-refractivity contribution in [1.29, 1.82) is 0 Å². The van der Waals surface area contributed by atoms with Gasteiger partial charge in [0.15, 0.2) is 0 Å². The summed E-state index contributed by atoms with van der Waals surface area (Å²) < 4.78 is 20.1. The second kappa shape index (κ2) is 6.16. The molecule has 1 aliphatic rings. The molecule has 0 aromatic heterocycles. The molecule has 21 heavy (non-hydrogen) atoms. The molecule has 110 valence electrons. The number of fused-ring (bicyclic) bond motifs is 1. The molecule has 0 radical (unpaired) electrons. The largest absolute Gasteiger partial charge is 0.493 e. The Morgan fingerprint density at radius 3 is 2.95 bits per heavy atom. The molecule has 0 saturated carbocycles. The van der Waals surface area contributed by atoms with Gasteiger partial charge in [-0.25, -0.2) is 4.39 Å². The van der Waals surface area contributed by atoms with E-state index >= 15 is 0 Å². The van der Waals surface area contributed by atoms with Gasteiger partial charge < -0.3 is 10.5 Å². The second-order valence-corrected chi connectivity index (χ2v) is 6.18. The first kappa shape index (κ1) is 14.5. The number of hydrogen-bond donors (Lipinski definition) is 1. The number of nitrogens with two attached hydrogens (primary N) is 1. The first-order chi connectivity index (χ1) is 10.1. The molecule has 1 unspecified atom stereocenters. The number of rotatable bonds is 4. The van der Waals surface area contributed by atoms with Crippen molar-refractivity contribution in [3.05, 3.63) is 63.4 Å². The Hall–Kier alpha value is -1.39. The van der Waals surface area contributed by atoms with Gasteiger partial charge in [-0.15, -0.1) is 0 Å². The summed E-state index contributed by atoms with van der Waals surface area (Å²) in [6.07, 6.45) is 2.50. The lowest BCUT2D eigenvalue weighted by molar-refractivity contribution is 0.357. The molecule has 1 atom stereocenters. The lowest BCUT2D eigenvalue weighted by Gasteiger charge is -2.15. The van der Waals surface area contributed by atoms with Gasteiger partial charge in [-0.1, -0.05) is 34.1 Å². The Morgan fingerprint density at radius 1 is 1.29 bits per heavy atom. The zero-order valence-corrected chi connectivity index (χ0v) is 13.2. The van der Waals surface area contributed by atoms with E-state index in [1.54, 1.807) is 6.07 Å². The highest BCUT2D eigenvalue weighted by Gasteiger charge is 2.16. The quantitative estimate of drug-likeness (QED) is 0.899. The molecule has 2 aromatic rings. The fourth-order valence-electron chi connectivity index (χ4n) is 2.73. The fraction of sp³-hybridized carbons (Fsp3) is 0.294. The molecule has 2 aromatic carbocycles. The van der Waals surface area contributed by atoms with Gasteiger partial charge >= 0.3 is 0 Å². The molecule has 0 spiro atoms. The predicted octanol–water partition coefficient (Wildman–Crippen LogP) is 4.16. The van der Waals surface area contributed by atoms with Crippen LogP contribution in [-0.2, 0) is 12.8 Å². The predicted molar refractivity (Wildman–Crippen MR) is 85.0 cm³/mol. The van der Waals surface area contributed by atoms with E-state index in [9.17, 15) is 4.39 Å². The summed E-state index contributed by atoms with van der Waals surface area (Å²) in [5.41, 5.74) is 9.20. The average molecular weight is 350 g/mol. The van der Waals surface area contributed by atoms with E-state index in [1.807, 2.05) is 12.1 Å². The molecular formula is C17H17BrFNO. The minimum atomic E-state index is -0.315. The highest BCUT2D eigenvalue weighted by molar-refractivity contribution is 9.10. The molecule has 1 aliphatic heterocycles. The van der Waals surface area contributed by atoms with E-state index in [0.29, 0.717) is 12.0 Å². The van der Waals surface area contributed by atoms with Crippen LogP contribution in [0.4, 0.5) is 4.39 Å². The molecule has 0 fully saturated rings. The Morgan fingerprint density at radius 2 is 2.14 bits per heavy atom. The number of aryl methyl sites for hydroxylation is 1. The molecule has 1 heterocycles. The Bertz CT molecular complexity index is 639. The van der Waals surface area contributed by atoms with Crippen LogP contribution in [-0.4, -0.2) is 6.61 Å². The van der Waals surface area contributed by atoms with Crippen LogP contribution in [0.3, 0.4) is 0 Å². The highest BCUT2D eigenvalue weighted by Crippen LogP contribution is 2.29. The summed E-state index contributed by atoms with van der Waals surface area (Å²) in [4.78, 5) is 0. The highest BCUT2D eigenvalue weighted by atomic mass is 79.9. The van der Waals surface area contributed by atoms with Crippen LogP contribution in [0.2, 0.25) is 0 Å². The van der Waals surface area contributed by atoms with Crippen LogP contribution in [0.1, 0.15) is 29.2 Å². The maximum atomic E-state index is 13.9. The fourth-order valence-corrected chi connectivity index (χ4v) is 3.36. The minimum Gasteiger partial charge on any atom is -0.493 e. The molecule has 2 N–H and O–H groups in total. The molecule has 0 aliphatic carbocycles.